The van der Waals surface area contributed by atoms with Gasteiger partial charge in [-0.25, -0.2) is 4.79 Å². The molecule has 0 unspecified atom stereocenters. The van der Waals surface area contributed by atoms with Crippen molar-refractivity contribution in [2.75, 3.05) is 13.2 Å². The zero-order chi connectivity index (χ0) is 14.4. The first-order valence-electron chi connectivity index (χ1n) is 6.88. The molecule has 22 heavy (non-hydrogen) atoms. The van der Waals surface area contributed by atoms with Gasteiger partial charge in [-0.2, -0.15) is 0 Å². The predicted molar refractivity (Wildman–Crippen MR) is 85.7 cm³/mol. The van der Waals surface area contributed by atoms with E-state index in [2.05, 4.69) is 0 Å². The molecule has 5 nitrogen and oxygen atoms in total. The number of carboxylic acids is 1. The first kappa shape index (κ1) is 21.7. The molecule has 1 aromatic rings. The van der Waals surface area contributed by atoms with Gasteiger partial charge in [0, 0.05) is 34.6 Å². The Balaban J connectivity index is 0.00000220. The molecule has 0 spiro atoms. The van der Waals surface area contributed by atoms with E-state index in [-0.39, 0.29) is 35.0 Å². The second-order valence-corrected chi connectivity index (χ2v) is 5.49. The molecule has 0 saturated carbocycles. The number of rotatable bonds is 9. The van der Waals surface area contributed by atoms with Gasteiger partial charge in [0.25, 0.3) is 0 Å². The van der Waals surface area contributed by atoms with Crippen LogP contribution in [0.4, 0.5) is 0 Å². The van der Waals surface area contributed by atoms with E-state index in [1.165, 1.54) is 0 Å². The van der Waals surface area contributed by atoms with E-state index in [1.807, 2.05) is 12.1 Å². The number of carbonyl (C=O) groups is 1. The standard InChI is InChI=1S/C15H19ClO4.Na.H2O/c16-12-5-7-13(8-6-12)19-10-4-2-1-3-9-15(11-20-15)14(17)18;;/h5-8H,1-4,9-11H2,(H,17,18);;1H2/t15-;;/m1../s1. The van der Waals surface area contributed by atoms with Crippen LogP contribution < -0.4 is 4.74 Å². The van der Waals surface area contributed by atoms with E-state index < -0.39 is 11.6 Å². The third-order valence-electron chi connectivity index (χ3n) is 3.44. The maximum Gasteiger partial charge on any atom is 0.338 e. The number of aliphatic carboxylic acids is 1. The third-order valence-corrected chi connectivity index (χ3v) is 3.69. The van der Waals surface area contributed by atoms with Crippen LogP contribution >= 0.6 is 11.6 Å². The van der Waals surface area contributed by atoms with Gasteiger partial charge in [0.15, 0.2) is 5.60 Å². The summed E-state index contributed by atoms with van der Waals surface area (Å²) in [5.74, 6) is -0.00539. The molecule has 1 fully saturated rings. The molecule has 0 aliphatic carbocycles. The van der Waals surface area contributed by atoms with Crippen LogP contribution in [0.5, 0.6) is 5.75 Å². The zero-order valence-electron chi connectivity index (χ0n) is 12.8. The first-order valence-corrected chi connectivity index (χ1v) is 7.26. The van der Waals surface area contributed by atoms with Crippen molar-refractivity contribution in [3.05, 3.63) is 29.3 Å². The smallest absolute Gasteiger partial charge is 0.338 e. The second-order valence-electron chi connectivity index (χ2n) is 5.05. The summed E-state index contributed by atoms with van der Waals surface area (Å²) in [5, 5.41) is 9.64. The van der Waals surface area contributed by atoms with Crippen molar-refractivity contribution in [1.29, 1.82) is 0 Å². The molecule has 0 bridgehead atoms. The molecule has 1 heterocycles. The molecule has 1 radical (unpaired) electrons. The molecule has 7 heteroatoms. The Hall–Kier alpha value is -0.300. The number of ether oxygens (including phenoxy) is 2. The molecule has 1 saturated heterocycles. The normalized spacial score (nSPS) is 18.8. The molecule has 0 aromatic heterocycles. The van der Waals surface area contributed by atoms with Gasteiger partial charge < -0.3 is 20.1 Å². The van der Waals surface area contributed by atoms with E-state index >= 15 is 0 Å². The van der Waals surface area contributed by atoms with Crippen LogP contribution in [-0.2, 0) is 9.53 Å². The third kappa shape index (κ3) is 6.86. The quantitative estimate of drug-likeness (QED) is 0.424. The summed E-state index contributed by atoms with van der Waals surface area (Å²) in [4.78, 5) is 10.9. The summed E-state index contributed by atoms with van der Waals surface area (Å²) >= 11 is 5.79. The maximum atomic E-state index is 10.9. The van der Waals surface area contributed by atoms with Crippen molar-refractivity contribution >= 4 is 47.1 Å². The van der Waals surface area contributed by atoms with Gasteiger partial charge in [-0.3, -0.25) is 0 Å². The number of hydrogen-bond donors (Lipinski definition) is 1. The van der Waals surface area contributed by atoms with Crippen LogP contribution in [0.25, 0.3) is 0 Å². The molecule has 119 valence electrons. The van der Waals surface area contributed by atoms with Gasteiger partial charge in [0.05, 0.1) is 13.2 Å². The van der Waals surface area contributed by atoms with Gasteiger partial charge in [0.2, 0.25) is 0 Å². The molecule has 1 aromatic carbocycles. The largest absolute Gasteiger partial charge is 0.494 e. The number of benzene rings is 1. The van der Waals surface area contributed by atoms with Crippen molar-refractivity contribution in [3.63, 3.8) is 0 Å². The molecule has 3 N–H and O–H groups in total. The van der Waals surface area contributed by atoms with E-state index in [0.717, 1.165) is 31.4 Å². The minimum absolute atomic E-state index is 0. The minimum atomic E-state index is -0.861. The molecule has 1 aliphatic rings. The van der Waals surface area contributed by atoms with Gasteiger partial charge in [0.1, 0.15) is 5.75 Å². The Morgan fingerprint density at radius 2 is 1.82 bits per heavy atom. The van der Waals surface area contributed by atoms with E-state index in [0.29, 0.717) is 24.7 Å². The van der Waals surface area contributed by atoms with Crippen LogP contribution in [-0.4, -0.2) is 64.9 Å². The summed E-state index contributed by atoms with van der Waals surface area (Å²) in [6, 6.07) is 7.31. The summed E-state index contributed by atoms with van der Waals surface area (Å²) in [6.45, 7) is 1.03. The van der Waals surface area contributed by atoms with Gasteiger partial charge in [-0.1, -0.05) is 24.4 Å². The van der Waals surface area contributed by atoms with E-state index in [1.54, 1.807) is 12.1 Å². The Bertz CT molecular complexity index is 448. The molecular weight excluding hydrogens is 319 g/mol. The van der Waals surface area contributed by atoms with Crippen molar-refractivity contribution in [1.82, 2.24) is 0 Å². The Morgan fingerprint density at radius 1 is 1.23 bits per heavy atom. The summed E-state index contributed by atoms with van der Waals surface area (Å²) in [6.07, 6.45) is 4.49. The molecule has 1 atom stereocenters. The Morgan fingerprint density at radius 3 is 2.36 bits per heavy atom. The topological polar surface area (TPSA) is 90.6 Å². The number of hydrogen-bond acceptors (Lipinski definition) is 3. The monoisotopic (exact) mass is 339 g/mol. The minimum Gasteiger partial charge on any atom is -0.494 e. The molecular formula is C15H21ClNaO5. The van der Waals surface area contributed by atoms with Gasteiger partial charge in [-0.15, -0.1) is 0 Å². The number of epoxide rings is 1. The maximum absolute atomic E-state index is 10.9. The van der Waals surface area contributed by atoms with Crippen molar-refractivity contribution in [3.8, 4) is 5.75 Å². The summed E-state index contributed by atoms with van der Waals surface area (Å²) < 4.78 is 10.6. The van der Waals surface area contributed by atoms with Crippen molar-refractivity contribution in [2.24, 2.45) is 0 Å². The van der Waals surface area contributed by atoms with Crippen LogP contribution in [0.15, 0.2) is 24.3 Å². The summed E-state index contributed by atoms with van der Waals surface area (Å²) in [5.41, 5.74) is -0.861. The van der Waals surface area contributed by atoms with E-state index in [4.69, 9.17) is 26.2 Å². The fourth-order valence-corrected chi connectivity index (χ4v) is 2.17. The Kier molecular flexibility index (Phi) is 10.3. The van der Waals surface area contributed by atoms with Crippen LogP contribution in [0.1, 0.15) is 32.1 Å². The summed E-state index contributed by atoms with van der Waals surface area (Å²) in [7, 11) is 0. The SMILES string of the molecule is O.O=C(O)[C@@]1(CCCCCCOc2ccc(Cl)cc2)CO1.[Na]. The second kappa shape index (κ2) is 10.5. The number of halogens is 1. The van der Waals surface area contributed by atoms with Crippen LogP contribution in [0.2, 0.25) is 5.02 Å². The fraction of sp³-hybridized carbons (Fsp3) is 0.533. The predicted octanol–water partition coefficient (Wildman–Crippen LogP) is 2.32. The number of unbranched alkanes of at least 4 members (excludes halogenated alkanes) is 3. The average molecular weight is 340 g/mol. The van der Waals surface area contributed by atoms with Crippen molar-refractivity contribution < 1.29 is 24.9 Å². The molecule has 0 amide bonds. The van der Waals surface area contributed by atoms with Crippen LogP contribution in [0, 0.1) is 0 Å². The van der Waals surface area contributed by atoms with Gasteiger partial charge in [-0.05, 0) is 43.5 Å². The fourth-order valence-electron chi connectivity index (χ4n) is 2.05. The van der Waals surface area contributed by atoms with Gasteiger partial charge >= 0.3 is 5.97 Å². The number of carboxylic acid groups (broad SMARTS) is 1. The molecule has 2 rings (SSSR count). The van der Waals surface area contributed by atoms with E-state index in [9.17, 15) is 4.79 Å². The average Bonchev–Trinajstić information content (AvgIpc) is 3.21. The molecule has 1 aliphatic heterocycles. The first-order chi connectivity index (χ1) is 9.62. The Labute approximate surface area is 157 Å². The van der Waals surface area contributed by atoms with Crippen LogP contribution in [0.3, 0.4) is 0 Å². The zero-order valence-corrected chi connectivity index (χ0v) is 15.6. The van der Waals surface area contributed by atoms with Crippen molar-refractivity contribution in [2.45, 2.75) is 37.7 Å².